The molecule has 180 valence electrons. The third kappa shape index (κ3) is 3.09. The highest BCUT2D eigenvalue weighted by Gasteiger charge is 2.54. The molecule has 35 heavy (non-hydrogen) atoms. The molecule has 1 atom stereocenters. The Bertz CT molecular complexity index is 1340. The van der Waals surface area contributed by atoms with Crippen molar-refractivity contribution in [2.45, 2.75) is 25.3 Å². The van der Waals surface area contributed by atoms with E-state index in [0.717, 1.165) is 33.8 Å². The number of amides is 5. The highest BCUT2D eigenvalue weighted by molar-refractivity contribution is 6.09. The molecule has 0 aromatic heterocycles. The van der Waals surface area contributed by atoms with Gasteiger partial charge < -0.3 is 24.9 Å². The van der Waals surface area contributed by atoms with Crippen molar-refractivity contribution in [2.24, 2.45) is 0 Å². The van der Waals surface area contributed by atoms with Gasteiger partial charge in [0.1, 0.15) is 5.54 Å². The first-order valence-corrected chi connectivity index (χ1v) is 11.6. The van der Waals surface area contributed by atoms with Crippen LogP contribution < -0.4 is 25.3 Å². The predicted octanol–water partition coefficient (Wildman–Crippen LogP) is 1.21. The van der Waals surface area contributed by atoms with Crippen LogP contribution in [0.15, 0.2) is 30.3 Å². The van der Waals surface area contributed by atoms with Crippen molar-refractivity contribution in [3.05, 3.63) is 47.0 Å². The number of rotatable bonds is 3. The summed E-state index contributed by atoms with van der Waals surface area (Å²) in [6.07, 6.45) is 0.873. The molecule has 10 heteroatoms. The van der Waals surface area contributed by atoms with Gasteiger partial charge in [-0.1, -0.05) is 6.07 Å². The Morgan fingerprint density at radius 3 is 2.54 bits per heavy atom. The monoisotopic (exact) mass is 474 g/mol. The lowest BCUT2D eigenvalue weighted by molar-refractivity contribution is -0.126. The molecule has 4 aliphatic rings. The second-order valence-electron chi connectivity index (χ2n) is 9.88. The van der Waals surface area contributed by atoms with Crippen LogP contribution in [-0.2, 0) is 27.2 Å². The number of carbonyl (C=O) groups is 4. The summed E-state index contributed by atoms with van der Waals surface area (Å²) in [4.78, 5) is 57.1. The molecule has 2 N–H and O–H groups in total. The van der Waals surface area contributed by atoms with Crippen LogP contribution in [0, 0.1) is 6.92 Å². The molecular formula is C25H26N6O4. The molecule has 0 bridgehead atoms. The minimum Gasteiger partial charge on any atom is -0.343 e. The molecule has 1 aliphatic carbocycles. The van der Waals surface area contributed by atoms with Gasteiger partial charge >= 0.3 is 6.03 Å². The molecule has 0 radical (unpaired) electrons. The van der Waals surface area contributed by atoms with Crippen LogP contribution in [0.2, 0.25) is 0 Å². The number of likely N-dealkylation sites (N-methyl/N-ethyl adjacent to an activating group) is 2. The first kappa shape index (κ1) is 21.5. The maximum atomic E-state index is 13.0. The van der Waals surface area contributed by atoms with E-state index in [1.54, 1.807) is 19.0 Å². The van der Waals surface area contributed by atoms with Crippen LogP contribution in [0.3, 0.4) is 0 Å². The van der Waals surface area contributed by atoms with Crippen molar-refractivity contribution in [3.63, 3.8) is 0 Å². The van der Waals surface area contributed by atoms with Gasteiger partial charge in [-0.15, -0.1) is 0 Å². The number of anilines is 4. The van der Waals surface area contributed by atoms with E-state index >= 15 is 0 Å². The first-order valence-electron chi connectivity index (χ1n) is 11.6. The van der Waals surface area contributed by atoms with Crippen molar-refractivity contribution >= 4 is 46.5 Å². The lowest BCUT2D eigenvalue weighted by atomic mass is 9.95. The van der Waals surface area contributed by atoms with E-state index in [0.29, 0.717) is 25.2 Å². The molecule has 2 aromatic carbocycles. The molecule has 6 rings (SSSR count). The Labute approximate surface area is 202 Å². The average Bonchev–Trinajstić information content (AvgIpc) is 3.41. The SMILES string of the molecule is Cc1cc2c3c(c1)N(C)C(=O)CN3CN2CC(=O)Nc1ccc2c(c1)CC1(C2)C(=O)NC(=O)N1C. The largest absolute Gasteiger partial charge is 0.343 e. The molecule has 1 spiro atoms. The number of hydrogen-bond donors (Lipinski definition) is 2. The Morgan fingerprint density at radius 2 is 1.80 bits per heavy atom. The minimum absolute atomic E-state index is 0.0274. The molecule has 0 saturated carbocycles. The van der Waals surface area contributed by atoms with Crippen LogP contribution >= 0.6 is 0 Å². The third-order valence-corrected chi connectivity index (χ3v) is 7.65. The van der Waals surface area contributed by atoms with Gasteiger partial charge in [0.2, 0.25) is 11.8 Å². The first-order chi connectivity index (χ1) is 16.7. The van der Waals surface area contributed by atoms with E-state index < -0.39 is 5.54 Å². The van der Waals surface area contributed by atoms with E-state index in [9.17, 15) is 19.2 Å². The molecule has 5 amide bonds. The van der Waals surface area contributed by atoms with Gasteiger partial charge in [-0.2, -0.15) is 0 Å². The van der Waals surface area contributed by atoms with Crippen LogP contribution in [0.25, 0.3) is 0 Å². The highest BCUT2D eigenvalue weighted by atomic mass is 16.2. The Balaban J connectivity index is 1.19. The maximum Gasteiger partial charge on any atom is 0.324 e. The zero-order chi connectivity index (χ0) is 24.6. The quantitative estimate of drug-likeness (QED) is 0.648. The maximum absolute atomic E-state index is 13.0. The van der Waals surface area contributed by atoms with Gasteiger partial charge in [-0.05, 0) is 47.9 Å². The summed E-state index contributed by atoms with van der Waals surface area (Å²) in [5.41, 5.74) is 5.54. The molecule has 1 fully saturated rings. The van der Waals surface area contributed by atoms with Gasteiger partial charge in [0.25, 0.3) is 5.91 Å². The summed E-state index contributed by atoms with van der Waals surface area (Å²) in [5.74, 6) is -0.418. The van der Waals surface area contributed by atoms with Crippen molar-refractivity contribution in [1.82, 2.24) is 10.2 Å². The summed E-state index contributed by atoms with van der Waals surface area (Å²) in [7, 11) is 3.42. The number of benzene rings is 2. The summed E-state index contributed by atoms with van der Waals surface area (Å²) in [6.45, 7) is 2.89. The summed E-state index contributed by atoms with van der Waals surface area (Å²) < 4.78 is 0. The normalized spacial score (nSPS) is 22.2. The smallest absolute Gasteiger partial charge is 0.324 e. The number of hydrogen-bond acceptors (Lipinski definition) is 6. The van der Waals surface area contributed by atoms with E-state index in [1.165, 1.54) is 4.90 Å². The fraction of sp³-hybridized carbons (Fsp3) is 0.360. The summed E-state index contributed by atoms with van der Waals surface area (Å²) in [6, 6.07) is 9.30. The van der Waals surface area contributed by atoms with Crippen molar-refractivity contribution in [1.29, 1.82) is 0 Å². The van der Waals surface area contributed by atoms with Crippen molar-refractivity contribution < 1.29 is 19.2 Å². The van der Waals surface area contributed by atoms with Crippen molar-refractivity contribution in [3.8, 4) is 0 Å². The molecule has 2 aromatic rings. The highest BCUT2D eigenvalue weighted by Crippen LogP contribution is 2.46. The van der Waals surface area contributed by atoms with Crippen LogP contribution in [0.4, 0.5) is 27.5 Å². The van der Waals surface area contributed by atoms with E-state index in [1.807, 2.05) is 41.0 Å². The molecule has 3 aliphatic heterocycles. The Hall–Kier alpha value is -4.08. The third-order valence-electron chi connectivity index (χ3n) is 7.65. The zero-order valence-corrected chi connectivity index (χ0v) is 19.8. The van der Waals surface area contributed by atoms with Gasteiger partial charge in [-0.25, -0.2) is 4.79 Å². The van der Waals surface area contributed by atoms with Gasteiger partial charge in [0.15, 0.2) is 0 Å². The zero-order valence-electron chi connectivity index (χ0n) is 19.8. The fourth-order valence-corrected chi connectivity index (χ4v) is 5.73. The van der Waals surface area contributed by atoms with E-state index in [-0.39, 0.29) is 36.8 Å². The number of aryl methyl sites for hydroxylation is 1. The van der Waals surface area contributed by atoms with E-state index in [2.05, 4.69) is 16.7 Å². The van der Waals surface area contributed by atoms with Crippen molar-refractivity contribution in [2.75, 3.05) is 53.9 Å². The molecule has 1 saturated heterocycles. The predicted molar refractivity (Wildman–Crippen MR) is 131 cm³/mol. The van der Waals surface area contributed by atoms with Gasteiger partial charge in [0, 0.05) is 32.6 Å². The fourth-order valence-electron chi connectivity index (χ4n) is 5.73. The van der Waals surface area contributed by atoms with Gasteiger partial charge in [-0.3, -0.25) is 19.7 Å². The minimum atomic E-state index is -0.892. The lowest BCUT2D eigenvalue weighted by Gasteiger charge is -2.31. The number of nitrogens with zero attached hydrogens (tertiary/aromatic N) is 4. The Kier molecular flexibility index (Phi) is 4.42. The molecule has 10 nitrogen and oxygen atoms in total. The molecular weight excluding hydrogens is 448 g/mol. The number of urea groups is 1. The number of imide groups is 1. The topological polar surface area (TPSA) is 105 Å². The van der Waals surface area contributed by atoms with Crippen LogP contribution in [0.1, 0.15) is 16.7 Å². The summed E-state index contributed by atoms with van der Waals surface area (Å²) in [5, 5.41) is 5.38. The number of fused-ring (bicyclic) bond motifs is 1. The summed E-state index contributed by atoms with van der Waals surface area (Å²) >= 11 is 0. The van der Waals surface area contributed by atoms with E-state index in [4.69, 9.17) is 0 Å². The second-order valence-corrected chi connectivity index (χ2v) is 9.88. The number of nitrogens with one attached hydrogen (secondary N) is 2. The van der Waals surface area contributed by atoms with Crippen LogP contribution in [-0.4, -0.2) is 68.0 Å². The lowest BCUT2D eigenvalue weighted by Crippen LogP contribution is -2.48. The Morgan fingerprint density at radius 1 is 1.06 bits per heavy atom. The van der Waals surface area contributed by atoms with Crippen LogP contribution in [0.5, 0.6) is 0 Å². The average molecular weight is 475 g/mol. The molecule has 3 heterocycles. The molecule has 1 unspecified atom stereocenters. The number of carbonyl (C=O) groups excluding carboxylic acids is 4. The van der Waals surface area contributed by atoms with Gasteiger partial charge in [0.05, 0.1) is 36.8 Å². The standard InChI is InChI=1S/C25H26N6O4/c1-14-6-18-22-19(7-14)30(13-31(22)12-21(33)28(18)2)11-20(32)26-17-5-4-15-9-25(10-16(15)8-17)23(34)27-24(35)29(25)3/h4-8H,9-13H2,1-3H3,(H,26,32)(H,27,34,35). The second kappa shape index (κ2) is 7.21.